The van der Waals surface area contributed by atoms with E-state index in [1.165, 1.54) is 5.56 Å². The van der Waals surface area contributed by atoms with Crippen LogP contribution in [0.3, 0.4) is 0 Å². The van der Waals surface area contributed by atoms with Crippen molar-refractivity contribution in [1.29, 1.82) is 0 Å². The van der Waals surface area contributed by atoms with E-state index in [-0.39, 0.29) is 17.5 Å². The third-order valence-electron chi connectivity index (χ3n) is 5.02. The van der Waals surface area contributed by atoms with E-state index < -0.39 is 10.0 Å². The molecule has 0 spiro atoms. The summed E-state index contributed by atoms with van der Waals surface area (Å²) < 4.78 is 27.6. The number of rotatable bonds is 2. The lowest BCUT2D eigenvalue weighted by Crippen LogP contribution is -2.51. The molecule has 0 unspecified atom stereocenters. The molecule has 0 aliphatic carbocycles. The molecule has 0 saturated carbocycles. The number of benzene rings is 1. The van der Waals surface area contributed by atoms with E-state index in [1.54, 1.807) is 28.2 Å². The summed E-state index contributed by atoms with van der Waals surface area (Å²) in [6.45, 7) is 5.06. The summed E-state index contributed by atoms with van der Waals surface area (Å²) in [5, 5.41) is 0. The number of carbonyl (C=O) groups excluding carboxylic acids is 1. The van der Waals surface area contributed by atoms with E-state index in [9.17, 15) is 13.2 Å². The number of sulfonamides is 1. The van der Waals surface area contributed by atoms with Gasteiger partial charge in [0.1, 0.15) is 0 Å². The largest absolute Gasteiger partial charge is 0.368 e. The van der Waals surface area contributed by atoms with Gasteiger partial charge in [0.15, 0.2) is 5.84 Å². The Hall–Kier alpha value is -2.61. The Balaban J connectivity index is 1.49. The molecular weight excluding hydrogens is 364 g/mol. The molecular formula is C19H22N4O3S. The number of amides is 1. The van der Waals surface area contributed by atoms with Crippen LogP contribution in [0.15, 0.2) is 52.6 Å². The maximum absolute atomic E-state index is 13.0. The standard InChI is InChI=1S/C19H22N4O3S/c1-15-4-2-5-16(14-15)21-8-10-23(11-9-21)19(24)17-6-3-7-22-12-13-27(25,26)20-18(17)22/h2-7,14H,8-13H2,1H3. The maximum Gasteiger partial charge on any atom is 0.257 e. The first-order valence-corrected chi connectivity index (χ1v) is 10.6. The van der Waals surface area contributed by atoms with E-state index in [1.807, 2.05) is 6.07 Å². The number of fused-ring (bicyclic) bond motifs is 1. The molecule has 27 heavy (non-hydrogen) atoms. The lowest BCUT2D eigenvalue weighted by Gasteiger charge is -2.37. The van der Waals surface area contributed by atoms with Crippen molar-refractivity contribution in [3.05, 3.63) is 53.8 Å². The summed E-state index contributed by atoms with van der Waals surface area (Å²) in [6, 6.07) is 8.33. The smallest absolute Gasteiger partial charge is 0.257 e. The molecule has 1 saturated heterocycles. The second-order valence-electron chi connectivity index (χ2n) is 6.93. The van der Waals surface area contributed by atoms with Gasteiger partial charge in [-0.2, -0.15) is 0 Å². The SMILES string of the molecule is Cc1cccc(N2CCN(C(=O)C3=CC=CN4CCS(=O)(=O)N=C34)CC2)c1. The lowest BCUT2D eigenvalue weighted by atomic mass is 10.1. The second-order valence-corrected chi connectivity index (χ2v) is 8.69. The first kappa shape index (κ1) is 17.8. The summed E-state index contributed by atoms with van der Waals surface area (Å²) in [6.07, 6.45) is 5.19. The lowest BCUT2D eigenvalue weighted by molar-refractivity contribution is -0.126. The number of carbonyl (C=O) groups is 1. The monoisotopic (exact) mass is 386 g/mol. The van der Waals surface area contributed by atoms with Gasteiger partial charge in [-0.15, -0.1) is 4.40 Å². The van der Waals surface area contributed by atoms with Crippen molar-refractivity contribution in [1.82, 2.24) is 9.80 Å². The molecule has 8 heteroatoms. The molecule has 142 valence electrons. The Morgan fingerprint density at radius 2 is 1.89 bits per heavy atom. The van der Waals surface area contributed by atoms with Crippen LogP contribution in [0.1, 0.15) is 5.56 Å². The molecule has 3 aliphatic rings. The van der Waals surface area contributed by atoms with Crippen molar-refractivity contribution in [2.75, 3.05) is 43.4 Å². The molecule has 0 aromatic heterocycles. The molecule has 1 fully saturated rings. The minimum absolute atomic E-state index is 0.0303. The fraction of sp³-hybridized carbons (Fsp3) is 0.368. The van der Waals surface area contributed by atoms with Crippen LogP contribution in [-0.2, 0) is 14.8 Å². The van der Waals surface area contributed by atoms with Crippen molar-refractivity contribution in [2.24, 2.45) is 4.40 Å². The Labute approximate surface area is 159 Å². The molecule has 3 aliphatic heterocycles. The quantitative estimate of drug-likeness (QED) is 0.762. The zero-order chi connectivity index (χ0) is 19.0. The Morgan fingerprint density at radius 1 is 1.11 bits per heavy atom. The fourth-order valence-electron chi connectivity index (χ4n) is 3.55. The van der Waals surface area contributed by atoms with Gasteiger partial charge >= 0.3 is 0 Å². The molecule has 1 aromatic carbocycles. The molecule has 1 amide bonds. The van der Waals surface area contributed by atoms with Crippen molar-refractivity contribution in [2.45, 2.75) is 6.92 Å². The summed E-state index contributed by atoms with van der Waals surface area (Å²) in [5.41, 5.74) is 2.72. The van der Waals surface area contributed by atoms with E-state index in [2.05, 4.69) is 34.4 Å². The van der Waals surface area contributed by atoms with Crippen LogP contribution in [0.25, 0.3) is 0 Å². The average Bonchev–Trinajstić information content (AvgIpc) is 2.66. The van der Waals surface area contributed by atoms with Crippen LogP contribution in [0.5, 0.6) is 0 Å². The summed E-state index contributed by atoms with van der Waals surface area (Å²) in [5.74, 6) is 0.0521. The minimum Gasteiger partial charge on any atom is -0.368 e. The van der Waals surface area contributed by atoms with Crippen molar-refractivity contribution < 1.29 is 13.2 Å². The number of nitrogens with zero attached hydrogens (tertiary/aromatic N) is 4. The van der Waals surface area contributed by atoms with Crippen molar-refractivity contribution >= 4 is 27.5 Å². The van der Waals surface area contributed by atoms with Gasteiger partial charge in [0.05, 0.1) is 11.3 Å². The third kappa shape index (κ3) is 3.62. The van der Waals surface area contributed by atoms with E-state index >= 15 is 0 Å². The zero-order valence-corrected chi connectivity index (χ0v) is 16.0. The number of aryl methyl sites for hydroxylation is 1. The fourth-order valence-corrected chi connectivity index (χ4v) is 4.53. The summed E-state index contributed by atoms with van der Waals surface area (Å²) in [4.78, 5) is 18.8. The van der Waals surface area contributed by atoms with Crippen LogP contribution >= 0.6 is 0 Å². The van der Waals surface area contributed by atoms with Crippen molar-refractivity contribution in [3.8, 4) is 0 Å². The molecule has 4 rings (SSSR count). The number of amidine groups is 1. The van der Waals surface area contributed by atoms with Crippen LogP contribution in [0.4, 0.5) is 5.69 Å². The molecule has 3 heterocycles. The van der Waals surface area contributed by atoms with Gasteiger partial charge in [-0.1, -0.05) is 12.1 Å². The van der Waals surface area contributed by atoms with Gasteiger partial charge in [-0.3, -0.25) is 4.79 Å². The highest BCUT2D eigenvalue weighted by Gasteiger charge is 2.33. The Kier molecular flexibility index (Phi) is 4.51. The van der Waals surface area contributed by atoms with E-state index in [0.29, 0.717) is 25.2 Å². The van der Waals surface area contributed by atoms with Gasteiger partial charge in [-0.25, -0.2) is 8.42 Å². The van der Waals surface area contributed by atoms with E-state index in [0.717, 1.165) is 18.8 Å². The summed E-state index contributed by atoms with van der Waals surface area (Å²) in [7, 11) is -3.51. The average molecular weight is 386 g/mol. The van der Waals surface area contributed by atoms with Crippen LogP contribution in [-0.4, -0.2) is 68.4 Å². The number of piperazine rings is 1. The normalized spacial score (nSPS) is 21.4. The third-order valence-corrected chi connectivity index (χ3v) is 6.17. The van der Waals surface area contributed by atoms with Gasteiger partial charge < -0.3 is 14.7 Å². The molecule has 0 radical (unpaired) electrons. The molecule has 7 nitrogen and oxygen atoms in total. The van der Waals surface area contributed by atoms with Crippen LogP contribution in [0, 0.1) is 6.92 Å². The number of hydrogen-bond donors (Lipinski definition) is 0. The Bertz CT molecular complexity index is 957. The molecule has 0 N–H and O–H groups in total. The predicted molar refractivity (Wildman–Crippen MR) is 105 cm³/mol. The van der Waals surface area contributed by atoms with Gasteiger partial charge in [0.2, 0.25) is 0 Å². The second kappa shape index (κ2) is 6.84. The highest BCUT2D eigenvalue weighted by atomic mass is 32.2. The molecule has 0 bridgehead atoms. The summed E-state index contributed by atoms with van der Waals surface area (Å²) >= 11 is 0. The number of anilines is 1. The first-order chi connectivity index (χ1) is 12.9. The maximum atomic E-state index is 13.0. The number of allylic oxidation sites excluding steroid dienone is 2. The zero-order valence-electron chi connectivity index (χ0n) is 15.2. The highest BCUT2D eigenvalue weighted by Crippen LogP contribution is 2.22. The number of hydrogen-bond acceptors (Lipinski definition) is 5. The first-order valence-electron chi connectivity index (χ1n) is 9.02. The molecule has 0 atom stereocenters. The van der Waals surface area contributed by atoms with Crippen LogP contribution in [0.2, 0.25) is 0 Å². The van der Waals surface area contributed by atoms with E-state index in [4.69, 9.17) is 0 Å². The minimum atomic E-state index is -3.51. The predicted octanol–water partition coefficient (Wildman–Crippen LogP) is 1.14. The highest BCUT2D eigenvalue weighted by molar-refractivity contribution is 7.90. The topological polar surface area (TPSA) is 73.3 Å². The van der Waals surface area contributed by atoms with Crippen LogP contribution < -0.4 is 4.90 Å². The van der Waals surface area contributed by atoms with Gasteiger partial charge in [0, 0.05) is 44.6 Å². The van der Waals surface area contributed by atoms with Crippen molar-refractivity contribution in [3.63, 3.8) is 0 Å². The Morgan fingerprint density at radius 3 is 2.63 bits per heavy atom. The van der Waals surface area contributed by atoms with Gasteiger partial charge in [-0.05, 0) is 36.8 Å². The van der Waals surface area contributed by atoms with Gasteiger partial charge in [0.25, 0.3) is 15.9 Å². The molecule has 1 aromatic rings.